The highest BCUT2D eigenvalue weighted by Gasteiger charge is 2.23. The molecule has 1 amide bonds. The zero-order valence-corrected chi connectivity index (χ0v) is 19.0. The monoisotopic (exact) mass is 448 g/mol. The van der Waals surface area contributed by atoms with Crippen molar-refractivity contribution < 1.29 is 27.5 Å². The van der Waals surface area contributed by atoms with Gasteiger partial charge >= 0.3 is 5.97 Å². The lowest BCUT2D eigenvalue weighted by Crippen LogP contribution is -2.35. The van der Waals surface area contributed by atoms with E-state index < -0.39 is 21.9 Å². The lowest BCUT2D eigenvalue weighted by molar-refractivity contribution is -0.116. The molecule has 0 saturated carbocycles. The molecule has 2 aromatic rings. The number of nitrogens with zero attached hydrogens (tertiary/aromatic N) is 1. The summed E-state index contributed by atoms with van der Waals surface area (Å²) in [6.45, 7) is 3.75. The number of sulfonamides is 1. The van der Waals surface area contributed by atoms with Crippen molar-refractivity contribution in [2.24, 2.45) is 0 Å². The van der Waals surface area contributed by atoms with Crippen LogP contribution in [-0.2, 0) is 19.6 Å². The topological polar surface area (TPSA) is 102 Å². The van der Waals surface area contributed by atoms with Crippen LogP contribution in [0.15, 0.2) is 47.4 Å². The van der Waals surface area contributed by atoms with E-state index in [0.717, 1.165) is 17.1 Å². The Balaban J connectivity index is 1.98. The van der Waals surface area contributed by atoms with Crippen LogP contribution in [-0.4, -0.2) is 51.9 Å². The summed E-state index contributed by atoms with van der Waals surface area (Å²) in [6, 6.07) is 10.7. The van der Waals surface area contributed by atoms with Gasteiger partial charge < -0.3 is 14.8 Å². The highest BCUT2D eigenvalue weighted by Crippen LogP contribution is 2.23. The van der Waals surface area contributed by atoms with Gasteiger partial charge in [-0.2, -0.15) is 4.31 Å². The number of benzene rings is 2. The number of nitrogens with one attached hydrogen (secondary N) is 1. The normalized spacial score (nSPS) is 11.3. The number of aryl methyl sites for hydroxylation is 1. The summed E-state index contributed by atoms with van der Waals surface area (Å²) in [5.74, 6) is -0.349. The van der Waals surface area contributed by atoms with E-state index >= 15 is 0 Å². The average Bonchev–Trinajstić information content (AvgIpc) is 2.74. The minimum absolute atomic E-state index is 0.0760. The van der Waals surface area contributed by atoms with Crippen molar-refractivity contribution in [3.63, 3.8) is 0 Å². The Kier molecular flexibility index (Phi) is 8.58. The van der Waals surface area contributed by atoms with E-state index in [1.807, 2.05) is 6.92 Å². The second kappa shape index (κ2) is 10.9. The minimum Gasteiger partial charge on any atom is -0.496 e. The number of methoxy groups -OCH3 is 1. The van der Waals surface area contributed by atoms with Gasteiger partial charge in [0.1, 0.15) is 5.75 Å². The molecule has 1 N–H and O–H groups in total. The summed E-state index contributed by atoms with van der Waals surface area (Å²) in [4.78, 5) is 24.3. The van der Waals surface area contributed by atoms with Crippen LogP contribution in [0.25, 0.3) is 0 Å². The van der Waals surface area contributed by atoms with Crippen molar-refractivity contribution in [3.8, 4) is 5.75 Å². The van der Waals surface area contributed by atoms with E-state index in [4.69, 9.17) is 9.47 Å². The maximum atomic E-state index is 12.8. The third-order valence-electron chi connectivity index (χ3n) is 4.58. The first-order chi connectivity index (χ1) is 14.7. The van der Waals surface area contributed by atoms with Crippen molar-refractivity contribution in [3.05, 3.63) is 53.6 Å². The van der Waals surface area contributed by atoms with Crippen molar-refractivity contribution in [2.75, 3.05) is 32.6 Å². The molecule has 0 bridgehead atoms. The van der Waals surface area contributed by atoms with Crippen LogP contribution in [0.4, 0.5) is 5.69 Å². The number of unbranched alkanes of at least 4 members (excludes halogenated alkanes) is 1. The fourth-order valence-electron chi connectivity index (χ4n) is 2.76. The van der Waals surface area contributed by atoms with Crippen molar-refractivity contribution in [1.82, 2.24) is 4.31 Å². The van der Waals surface area contributed by atoms with Crippen molar-refractivity contribution >= 4 is 27.6 Å². The summed E-state index contributed by atoms with van der Waals surface area (Å²) in [5, 5.41) is 2.63. The molecular weight excluding hydrogens is 420 g/mol. The van der Waals surface area contributed by atoms with Crippen LogP contribution in [0.5, 0.6) is 5.75 Å². The second-order valence-electron chi connectivity index (χ2n) is 7.01. The average molecular weight is 449 g/mol. The predicted molar refractivity (Wildman–Crippen MR) is 118 cm³/mol. The van der Waals surface area contributed by atoms with E-state index in [1.54, 1.807) is 37.3 Å². The standard InChI is InChI=1S/C22H28N2O6S/c1-5-6-13-30-22(26)17-7-9-18(10-8-17)23-21(25)15-24(3)31(27,28)19-11-12-20(29-4)16(2)14-19/h7-12,14H,5-6,13,15H2,1-4H3,(H,23,25). The lowest BCUT2D eigenvalue weighted by Gasteiger charge is -2.18. The Labute approximate surface area is 183 Å². The van der Waals surface area contributed by atoms with E-state index in [2.05, 4.69) is 5.32 Å². The fraction of sp³-hybridized carbons (Fsp3) is 0.364. The highest BCUT2D eigenvalue weighted by atomic mass is 32.2. The molecule has 168 valence electrons. The molecule has 2 aromatic carbocycles. The van der Waals surface area contributed by atoms with Gasteiger partial charge in [-0.1, -0.05) is 13.3 Å². The number of rotatable bonds is 10. The molecule has 0 spiro atoms. The van der Waals surface area contributed by atoms with Crippen molar-refractivity contribution in [1.29, 1.82) is 0 Å². The molecule has 9 heteroatoms. The van der Waals surface area contributed by atoms with Gasteiger partial charge in [-0.05, 0) is 61.4 Å². The molecule has 2 rings (SSSR count). The molecule has 0 heterocycles. The third kappa shape index (κ3) is 6.53. The van der Waals surface area contributed by atoms with E-state index in [0.29, 0.717) is 29.2 Å². The first kappa shape index (κ1) is 24.4. The minimum atomic E-state index is -3.85. The molecule has 0 aliphatic rings. The largest absolute Gasteiger partial charge is 0.496 e. The van der Waals surface area contributed by atoms with E-state index in [1.165, 1.54) is 26.3 Å². The maximum Gasteiger partial charge on any atom is 0.338 e. The molecule has 8 nitrogen and oxygen atoms in total. The van der Waals surface area contributed by atoms with Gasteiger partial charge in [-0.3, -0.25) is 4.79 Å². The predicted octanol–water partition coefficient (Wildman–Crippen LogP) is 3.22. The Morgan fingerprint density at radius 2 is 1.77 bits per heavy atom. The molecule has 0 aliphatic heterocycles. The molecular formula is C22H28N2O6S. The second-order valence-corrected chi connectivity index (χ2v) is 9.05. The molecule has 31 heavy (non-hydrogen) atoms. The van der Waals surface area contributed by atoms with Crippen LogP contribution >= 0.6 is 0 Å². The van der Waals surface area contributed by atoms with Crippen LogP contribution < -0.4 is 10.1 Å². The first-order valence-electron chi connectivity index (χ1n) is 9.87. The number of carbonyl (C=O) groups is 2. The summed E-state index contributed by atoms with van der Waals surface area (Å²) >= 11 is 0. The fourth-order valence-corrected chi connectivity index (χ4v) is 3.97. The first-order valence-corrected chi connectivity index (χ1v) is 11.3. The number of hydrogen-bond donors (Lipinski definition) is 1. The number of amides is 1. The van der Waals surface area contributed by atoms with Crippen molar-refractivity contribution in [2.45, 2.75) is 31.6 Å². The van der Waals surface area contributed by atoms with Gasteiger partial charge in [-0.15, -0.1) is 0 Å². The number of likely N-dealkylation sites (N-methyl/N-ethyl adjacent to an activating group) is 1. The van der Waals surface area contributed by atoms with Crippen LogP contribution in [0.2, 0.25) is 0 Å². The van der Waals surface area contributed by atoms with Gasteiger partial charge in [0.25, 0.3) is 0 Å². The molecule has 0 unspecified atom stereocenters. The molecule has 0 atom stereocenters. The molecule has 0 saturated heterocycles. The smallest absolute Gasteiger partial charge is 0.338 e. The number of ether oxygens (including phenoxy) is 2. The van der Waals surface area contributed by atoms with Crippen LogP contribution in [0.1, 0.15) is 35.7 Å². The molecule has 0 radical (unpaired) electrons. The highest BCUT2D eigenvalue weighted by molar-refractivity contribution is 7.89. The van der Waals surface area contributed by atoms with Gasteiger partial charge in [0.2, 0.25) is 15.9 Å². The molecule has 0 fully saturated rings. The summed E-state index contributed by atoms with van der Waals surface area (Å²) in [6.07, 6.45) is 1.73. The quantitative estimate of drug-likeness (QED) is 0.442. The summed E-state index contributed by atoms with van der Waals surface area (Å²) < 4.78 is 36.8. The Morgan fingerprint density at radius 3 is 2.35 bits per heavy atom. The SMILES string of the molecule is CCCCOC(=O)c1ccc(NC(=O)CN(C)S(=O)(=O)c2ccc(OC)c(C)c2)cc1. The summed E-state index contributed by atoms with van der Waals surface area (Å²) in [5.41, 5.74) is 1.50. The van der Waals surface area contributed by atoms with E-state index in [9.17, 15) is 18.0 Å². The number of anilines is 1. The Bertz CT molecular complexity index is 1020. The van der Waals surface area contributed by atoms with Gasteiger partial charge in [0.05, 0.1) is 30.7 Å². The molecule has 0 aliphatic carbocycles. The lowest BCUT2D eigenvalue weighted by atomic mass is 10.2. The Hall–Kier alpha value is -2.91. The van der Waals surface area contributed by atoms with Crippen LogP contribution in [0, 0.1) is 6.92 Å². The van der Waals surface area contributed by atoms with Crippen LogP contribution in [0.3, 0.4) is 0 Å². The van der Waals surface area contributed by atoms with E-state index in [-0.39, 0.29) is 11.4 Å². The zero-order valence-electron chi connectivity index (χ0n) is 18.2. The van der Waals surface area contributed by atoms with Gasteiger partial charge in [0.15, 0.2) is 0 Å². The van der Waals surface area contributed by atoms with Gasteiger partial charge in [-0.25, -0.2) is 13.2 Å². The number of hydrogen-bond acceptors (Lipinski definition) is 6. The maximum absolute atomic E-state index is 12.8. The zero-order chi connectivity index (χ0) is 23.0. The van der Waals surface area contributed by atoms with Gasteiger partial charge in [0, 0.05) is 12.7 Å². The number of carbonyl (C=O) groups excluding carboxylic acids is 2. The number of esters is 1. The third-order valence-corrected chi connectivity index (χ3v) is 6.38. The Morgan fingerprint density at radius 1 is 1.10 bits per heavy atom. The summed E-state index contributed by atoms with van der Waals surface area (Å²) in [7, 11) is -1.00. The molecule has 0 aromatic heterocycles.